The first kappa shape index (κ1) is 18.1. The van der Waals surface area contributed by atoms with E-state index in [0.717, 1.165) is 6.07 Å². The number of alkyl halides is 2. The fraction of sp³-hybridized carbons (Fsp3) is 0.188. The molecule has 0 spiro atoms. The van der Waals surface area contributed by atoms with Crippen molar-refractivity contribution in [2.75, 3.05) is 7.11 Å². The number of hydrogen-bond donors (Lipinski definition) is 0. The number of carbonyl (C=O) groups excluding carboxylic acids is 1. The van der Waals surface area contributed by atoms with E-state index < -0.39 is 11.5 Å². The quantitative estimate of drug-likeness (QED) is 0.409. The molecule has 25 heavy (non-hydrogen) atoms. The van der Waals surface area contributed by atoms with Gasteiger partial charge in [-0.1, -0.05) is 6.07 Å². The van der Waals surface area contributed by atoms with Crippen molar-refractivity contribution in [2.45, 2.75) is 13.2 Å². The Labute approximate surface area is 140 Å². The number of non-ortho nitro benzene ring substituents is 1. The number of benzene rings is 2. The van der Waals surface area contributed by atoms with Crippen molar-refractivity contribution in [3.05, 3.63) is 57.6 Å². The number of halogens is 2. The van der Waals surface area contributed by atoms with Gasteiger partial charge in [0.05, 0.1) is 17.6 Å². The van der Waals surface area contributed by atoms with Gasteiger partial charge >= 0.3 is 6.61 Å². The maximum absolute atomic E-state index is 12.3. The maximum Gasteiger partial charge on any atom is 0.387 e. The summed E-state index contributed by atoms with van der Waals surface area (Å²) in [7, 11) is 1.30. The van der Waals surface area contributed by atoms with Crippen molar-refractivity contribution in [3.63, 3.8) is 0 Å². The number of rotatable bonds is 8. The molecule has 0 radical (unpaired) electrons. The molecule has 0 aliphatic carbocycles. The van der Waals surface area contributed by atoms with Gasteiger partial charge in [0.15, 0.2) is 17.8 Å². The van der Waals surface area contributed by atoms with Gasteiger partial charge in [-0.15, -0.1) is 0 Å². The Bertz CT molecular complexity index is 781. The number of nitro benzene ring substituents is 1. The molecule has 0 fully saturated rings. The minimum atomic E-state index is -2.98. The highest BCUT2D eigenvalue weighted by Crippen LogP contribution is 2.30. The van der Waals surface area contributed by atoms with Crippen LogP contribution < -0.4 is 14.2 Å². The molecule has 0 aromatic heterocycles. The normalized spacial score (nSPS) is 10.4. The van der Waals surface area contributed by atoms with E-state index in [1.807, 2.05) is 0 Å². The van der Waals surface area contributed by atoms with Gasteiger partial charge in [0.25, 0.3) is 5.69 Å². The van der Waals surface area contributed by atoms with E-state index in [9.17, 15) is 23.7 Å². The Morgan fingerprint density at radius 2 is 1.88 bits per heavy atom. The van der Waals surface area contributed by atoms with Crippen molar-refractivity contribution >= 4 is 12.0 Å². The lowest BCUT2D eigenvalue weighted by atomic mass is 10.2. The fourth-order valence-electron chi connectivity index (χ4n) is 2.03. The van der Waals surface area contributed by atoms with Gasteiger partial charge in [-0.05, 0) is 23.8 Å². The van der Waals surface area contributed by atoms with Crippen LogP contribution in [0.5, 0.6) is 17.2 Å². The van der Waals surface area contributed by atoms with Crippen molar-refractivity contribution in [2.24, 2.45) is 0 Å². The first-order chi connectivity index (χ1) is 11.9. The number of carbonyl (C=O) groups is 1. The number of nitrogens with zero attached hydrogens (tertiary/aromatic N) is 1. The highest BCUT2D eigenvalue weighted by Gasteiger charge is 2.13. The summed E-state index contributed by atoms with van der Waals surface area (Å²) in [5.41, 5.74) is 0.358. The van der Waals surface area contributed by atoms with Crippen LogP contribution >= 0.6 is 0 Å². The Kier molecular flexibility index (Phi) is 5.83. The lowest BCUT2D eigenvalue weighted by molar-refractivity contribution is -0.384. The zero-order valence-electron chi connectivity index (χ0n) is 13.0. The molecule has 0 amide bonds. The average molecular weight is 353 g/mol. The number of methoxy groups -OCH3 is 1. The lowest BCUT2D eigenvalue weighted by Crippen LogP contribution is -2.04. The average Bonchev–Trinajstić information content (AvgIpc) is 2.60. The second kappa shape index (κ2) is 8.04. The lowest BCUT2D eigenvalue weighted by Gasteiger charge is -2.12. The third kappa shape index (κ3) is 4.63. The number of nitro groups is 1. The molecule has 0 atom stereocenters. The second-order valence-electron chi connectivity index (χ2n) is 4.75. The molecule has 0 aliphatic rings. The molecule has 0 N–H and O–H groups in total. The molecule has 132 valence electrons. The first-order valence-electron chi connectivity index (χ1n) is 6.92. The molecular weight excluding hydrogens is 340 g/mol. The highest BCUT2D eigenvalue weighted by atomic mass is 19.3. The summed E-state index contributed by atoms with van der Waals surface area (Å²) in [5, 5.41) is 10.7. The summed E-state index contributed by atoms with van der Waals surface area (Å²) in [6.07, 6.45) is 0.447. The van der Waals surface area contributed by atoms with Crippen LogP contribution in [-0.2, 0) is 6.61 Å². The molecule has 2 aromatic rings. The molecule has 2 aromatic carbocycles. The van der Waals surface area contributed by atoms with E-state index in [1.165, 1.54) is 37.4 Å². The molecule has 7 nitrogen and oxygen atoms in total. The molecule has 0 heterocycles. The van der Waals surface area contributed by atoms with Crippen LogP contribution in [-0.4, -0.2) is 24.9 Å². The minimum absolute atomic E-state index is 0.00995. The van der Waals surface area contributed by atoms with E-state index in [4.69, 9.17) is 9.47 Å². The smallest absolute Gasteiger partial charge is 0.387 e. The van der Waals surface area contributed by atoms with Gasteiger partial charge in [-0.2, -0.15) is 8.78 Å². The predicted molar refractivity (Wildman–Crippen MR) is 82.4 cm³/mol. The van der Waals surface area contributed by atoms with E-state index in [2.05, 4.69) is 4.74 Å². The predicted octanol–water partition coefficient (Wildman–Crippen LogP) is 3.60. The molecule has 0 bridgehead atoms. The van der Waals surface area contributed by atoms with E-state index in [1.54, 1.807) is 0 Å². The van der Waals surface area contributed by atoms with E-state index in [0.29, 0.717) is 11.8 Å². The maximum atomic E-state index is 12.3. The van der Waals surface area contributed by atoms with Crippen LogP contribution in [0.15, 0.2) is 36.4 Å². The molecule has 0 aliphatic heterocycles. The summed E-state index contributed by atoms with van der Waals surface area (Å²) >= 11 is 0. The fourth-order valence-corrected chi connectivity index (χ4v) is 2.03. The van der Waals surface area contributed by atoms with Crippen molar-refractivity contribution in [1.82, 2.24) is 0 Å². The van der Waals surface area contributed by atoms with Gasteiger partial charge in [0.2, 0.25) is 0 Å². The topological polar surface area (TPSA) is 87.9 Å². The van der Waals surface area contributed by atoms with Gasteiger partial charge in [-0.3, -0.25) is 14.9 Å². The van der Waals surface area contributed by atoms with Gasteiger partial charge in [0.1, 0.15) is 12.4 Å². The van der Waals surface area contributed by atoms with Crippen LogP contribution in [0.25, 0.3) is 0 Å². The molecule has 0 saturated carbocycles. The molecule has 0 saturated heterocycles. The molecule has 2 rings (SSSR count). The summed E-state index contributed by atoms with van der Waals surface area (Å²) in [5.74, 6) is 0.137. The summed E-state index contributed by atoms with van der Waals surface area (Å²) in [6, 6.07) is 7.87. The van der Waals surface area contributed by atoms with Gasteiger partial charge < -0.3 is 14.2 Å². The Hall–Kier alpha value is -3.23. The van der Waals surface area contributed by atoms with Crippen LogP contribution in [0, 0.1) is 10.1 Å². The first-order valence-corrected chi connectivity index (χ1v) is 6.92. The summed E-state index contributed by atoms with van der Waals surface area (Å²) in [4.78, 5) is 21.1. The van der Waals surface area contributed by atoms with E-state index in [-0.39, 0.29) is 35.1 Å². The van der Waals surface area contributed by atoms with Crippen LogP contribution in [0.1, 0.15) is 15.9 Å². The molecule has 9 heteroatoms. The summed E-state index contributed by atoms with van der Waals surface area (Å²) in [6.45, 7) is -2.99. The Morgan fingerprint density at radius 1 is 1.16 bits per heavy atom. The standard InChI is InChI=1S/C16H13F2NO6/c1-23-15-6-10(2-4-14(15)25-16(17)18)9-24-13-5-3-12(19(21)22)7-11(13)8-20/h2-8,16H,9H2,1H3. The Balaban J connectivity index is 2.16. The van der Waals surface area contributed by atoms with Crippen molar-refractivity contribution in [1.29, 1.82) is 0 Å². The van der Waals surface area contributed by atoms with Gasteiger partial charge in [-0.25, -0.2) is 0 Å². The third-order valence-electron chi connectivity index (χ3n) is 3.17. The Morgan fingerprint density at radius 3 is 2.48 bits per heavy atom. The largest absolute Gasteiger partial charge is 0.493 e. The summed E-state index contributed by atoms with van der Waals surface area (Å²) < 4.78 is 39.4. The zero-order valence-corrected chi connectivity index (χ0v) is 13.0. The van der Waals surface area contributed by atoms with Crippen LogP contribution in [0.2, 0.25) is 0 Å². The van der Waals surface area contributed by atoms with Crippen LogP contribution in [0.3, 0.4) is 0 Å². The van der Waals surface area contributed by atoms with E-state index >= 15 is 0 Å². The van der Waals surface area contributed by atoms with Crippen molar-refractivity contribution in [3.8, 4) is 17.2 Å². The number of aldehydes is 1. The SMILES string of the molecule is COc1cc(COc2ccc([N+](=O)[O-])cc2C=O)ccc1OC(F)F. The van der Waals surface area contributed by atoms with Crippen LogP contribution in [0.4, 0.5) is 14.5 Å². The van der Waals surface area contributed by atoms with Gasteiger partial charge in [0, 0.05) is 12.1 Å². The zero-order chi connectivity index (χ0) is 18.4. The second-order valence-corrected chi connectivity index (χ2v) is 4.75. The molecule has 0 unspecified atom stereocenters. The van der Waals surface area contributed by atoms with Crippen molar-refractivity contribution < 1.29 is 32.7 Å². The highest BCUT2D eigenvalue weighted by molar-refractivity contribution is 5.80. The minimum Gasteiger partial charge on any atom is -0.493 e. The molecular formula is C16H13F2NO6. The monoisotopic (exact) mass is 353 g/mol. The third-order valence-corrected chi connectivity index (χ3v) is 3.17. The number of ether oxygens (including phenoxy) is 3. The number of hydrogen-bond acceptors (Lipinski definition) is 6.